The van der Waals surface area contributed by atoms with Crippen LogP contribution in [0.1, 0.15) is 29.8 Å². The van der Waals surface area contributed by atoms with E-state index in [9.17, 15) is 0 Å². The fourth-order valence-corrected chi connectivity index (χ4v) is 4.10. The normalized spacial score (nSPS) is 12.4. The van der Waals surface area contributed by atoms with E-state index >= 15 is 0 Å². The van der Waals surface area contributed by atoms with Crippen molar-refractivity contribution in [1.29, 1.82) is 0 Å². The minimum absolute atomic E-state index is 0.216. The SMILES string of the molecule is CCCNC(c1ccc(OC)c(Br)c1)c1ccc(Br)s1. The summed E-state index contributed by atoms with van der Waals surface area (Å²) < 4.78 is 7.44. The third kappa shape index (κ3) is 3.85. The van der Waals surface area contributed by atoms with Gasteiger partial charge in [0.25, 0.3) is 0 Å². The van der Waals surface area contributed by atoms with Crippen molar-refractivity contribution in [1.82, 2.24) is 5.32 Å². The molecule has 0 fully saturated rings. The molecule has 1 heterocycles. The van der Waals surface area contributed by atoms with Crippen LogP contribution in [0.5, 0.6) is 5.75 Å². The van der Waals surface area contributed by atoms with Crippen LogP contribution in [0.25, 0.3) is 0 Å². The molecule has 2 nitrogen and oxygen atoms in total. The highest BCUT2D eigenvalue weighted by Gasteiger charge is 2.16. The number of thiophene rings is 1. The molecule has 0 aliphatic carbocycles. The van der Waals surface area contributed by atoms with Gasteiger partial charge >= 0.3 is 0 Å². The molecule has 2 rings (SSSR count). The van der Waals surface area contributed by atoms with Gasteiger partial charge in [0.2, 0.25) is 0 Å². The van der Waals surface area contributed by atoms with Gasteiger partial charge in [-0.1, -0.05) is 13.0 Å². The minimum Gasteiger partial charge on any atom is -0.496 e. The first-order chi connectivity index (χ1) is 9.65. The van der Waals surface area contributed by atoms with Crippen molar-refractivity contribution >= 4 is 43.2 Å². The fraction of sp³-hybridized carbons (Fsp3) is 0.333. The van der Waals surface area contributed by atoms with E-state index in [4.69, 9.17) is 4.74 Å². The molecule has 0 spiro atoms. The topological polar surface area (TPSA) is 21.3 Å². The Morgan fingerprint density at radius 2 is 2.05 bits per heavy atom. The van der Waals surface area contributed by atoms with Gasteiger partial charge in [0.05, 0.1) is 21.4 Å². The third-order valence-corrected chi connectivity index (χ3v) is 5.29. The Labute approximate surface area is 140 Å². The molecule has 108 valence electrons. The van der Waals surface area contributed by atoms with Crippen LogP contribution in [0.4, 0.5) is 0 Å². The zero-order valence-electron chi connectivity index (χ0n) is 11.5. The van der Waals surface area contributed by atoms with Gasteiger partial charge in [0, 0.05) is 4.88 Å². The number of hydrogen-bond donors (Lipinski definition) is 1. The molecule has 0 saturated carbocycles. The summed E-state index contributed by atoms with van der Waals surface area (Å²) in [5.41, 5.74) is 1.24. The van der Waals surface area contributed by atoms with Gasteiger partial charge < -0.3 is 10.1 Å². The number of rotatable bonds is 6. The van der Waals surface area contributed by atoms with E-state index in [0.717, 1.165) is 27.0 Å². The molecular formula is C15H17Br2NOS. The fourth-order valence-electron chi connectivity index (χ4n) is 2.02. The summed E-state index contributed by atoms with van der Waals surface area (Å²) in [6, 6.07) is 10.7. The maximum absolute atomic E-state index is 5.30. The summed E-state index contributed by atoms with van der Waals surface area (Å²) in [6.45, 7) is 3.17. The van der Waals surface area contributed by atoms with E-state index in [2.05, 4.69) is 68.4 Å². The predicted molar refractivity (Wildman–Crippen MR) is 92.8 cm³/mol. The summed E-state index contributed by atoms with van der Waals surface area (Å²) in [7, 11) is 1.68. The lowest BCUT2D eigenvalue weighted by Gasteiger charge is -2.18. The van der Waals surface area contributed by atoms with Crippen molar-refractivity contribution in [2.75, 3.05) is 13.7 Å². The van der Waals surface area contributed by atoms with E-state index in [-0.39, 0.29) is 6.04 Å². The number of benzene rings is 1. The molecule has 1 aromatic carbocycles. The predicted octanol–water partition coefficient (Wildman–Crippen LogP) is 5.37. The van der Waals surface area contributed by atoms with E-state index in [1.165, 1.54) is 10.4 Å². The van der Waals surface area contributed by atoms with Gasteiger partial charge in [-0.2, -0.15) is 0 Å². The lowest BCUT2D eigenvalue weighted by molar-refractivity contribution is 0.411. The average Bonchev–Trinajstić information content (AvgIpc) is 2.86. The quantitative estimate of drug-likeness (QED) is 0.680. The Kier molecular flexibility index (Phi) is 6.08. The van der Waals surface area contributed by atoms with Crippen LogP contribution in [-0.4, -0.2) is 13.7 Å². The van der Waals surface area contributed by atoms with Crippen molar-refractivity contribution in [3.05, 3.63) is 49.0 Å². The monoisotopic (exact) mass is 417 g/mol. The van der Waals surface area contributed by atoms with Crippen LogP contribution in [0, 0.1) is 0 Å². The highest BCUT2D eigenvalue weighted by molar-refractivity contribution is 9.11. The van der Waals surface area contributed by atoms with Gasteiger partial charge in [0.15, 0.2) is 0 Å². The van der Waals surface area contributed by atoms with E-state index in [0.29, 0.717) is 0 Å². The third-order valence-electron chi connectivity index (χ3n) is 2.99. The molecule has 2 aromatic rings. The van der Waals surface area contributed by atoms with E-state index in [1.54, 1.807) is 18.4 Å². The second-order valence-electron chi connectivity index (χ2n) is 4.42. The van der Waals surface area contributed by atoms with Crippen LogP contribution in [0.15, 0.2) is 38.6 Å². The summed E-state index contributed by atoms with van der Waals surface area (Å²) in [4.78, 5) is 1.31. The van der Waals surface area contributed by atoms with E-state index < -0.39 is 0 Å². The minimum atomic E-state index is 0.216. The van der Waals surface area contributed by atoms with Crippen molar-refractivity contribution in [2.45, 2.75) is 19.4 Å². The molecule has 5 heteroatoms. The molecule has 1 N–H and O–H groups in total. The lowest BCUT2D eigenvalue weighted by atomic mass is 10.0. The Bertz CT molecular complexity index is 571. The second kappa shape index (κ2) is 7.59. The maximum atomic E-state index is 5.30. The molecular weight excluding hydrogens is 402 g/mol. The molecule has 0 bridgehead atoms. The van der Waals surface area contributed by atoms with Crippen molar-refractivity contribution in [2.24, 2.45) is 0 Å². The molecule has 1 atom stereocenters. The highest BCUT2D eigenvalue weighted by atomic mass is 79.9. The molecule has 0 aliphatic heterocycles. The molecule has 1 aromatic heterocycles. The van der Waals surface area contributed by atoms with Crippen LogP contribution in [0.3, 0.4) is 0 Å². The zero-order chi connectivity index (χ0) is 14.5. The number of halogens is 2. The van der Waals surface area contributed by atoms with E-state index in [1.807, 2.05) is 6.07 Å². The first-order valence-electron chi connectivity index (χ1n) is 6.47. The van der Waals surface area contributed by atoms with Crippen molar-refractivity contribution in [3.63, 3.8) is 0 Å². The number of methoxy groups -OCH3 is 1. The van der Waals surface area contributed by atoms with Gasteiger partial charge in [-0.05, 0) is 74.7 Å². The van der Waals surface area contributed by atoms with Gasteiger partial charge in [-0.15, -0.1) is 11.3 Å². The maximum Gasteiger partial charge on any atom is 0.133 e. The average molecular weight is 419 g/mol. The smallest absolute Gasteiger partial charge is 0.133 e. The first-order valence-corrected chi connectivity index (χ1v) is 8.88. The lowest BCUT2D eigenvalue weighted by Crippen LogP contribution is -2.22. The summed E-state index contributed by atoms with van der Waals surface area (Å²) in [5, 5.41) is 3.61. The molecule has 0 aliphatic rings. The Hall–Kier alpha value is -0.360. The first kappa shape index (κ1) is 16.0. The standard InChI is InChI=1S/C15H17Br2NOS/c1-3-8-18-15(13-6-7-14(17)20-13)10-4-5-12(19-2)11(16)9-10/h4-7,9,15,18H,3,8H2,1-2H3. The highest BCUT2D eigenvalue weighted by Crippen LogP contribution is 2.34. The van der Waals surface area contributed by atoms with Gasteiger partial charge in [0.1, 0.15) is 5.75 Å². The summed E-state index contributed by atoms with van der Waals surface area (Å²) in [5.74, 6) is 0.857. The summed E-state index contributed by atoms with van der Waals surface area (Å²) >= 11 is 8.87. The number of nitrogens with one attached hydrogen (secondary N) is 1. The zero-order valence-corrected chi connectivity index (χ0v) is 15.4. The molecule has 1 unspecified atom stereocenters. The van der Waals surface area contributed by atoms with Crippen molar-refractivity contribution < 1.29 is 4.74 Å². The summed E-state index contributed by atoms with van der Waals surface area (Å²) in [6.07, 6.45) is 1.11. The largest absolute Gasteiger partial charge is 0.496 e. The molecule has 20 heavy (non-hydrogen) atoms. The Morgan fingerprint density at radius 3 is 2.60 bits per heavy atom. The Balaban J connectivity index is 2.33. The second-order valence-corrected chi connectivity index (χ2v) is 7.77. The van der Waals surface area contributed by atoms with Crippen LogP contribution in [0.2, 0.25) is 0 Å². The number of ether oxygens (including phenoxy) is 1. The molecule has 0 amide bonds. The molecule has 0 saturated heterocycles. The van der Waals surface area contributed by atoms with Crippen molar-refractivity contribution in [3.8, 4) is 5.75 Å². The van der Waals surface area contributed by atoms with Gasteiger partial charge in [-0.3, -0.25) is 0 Å². The van der Waals surface area contributed by atoms with Crippen LogP contribution < -0.4 is 10.1 Å². The number of hydrogen-bond acceptors (Lipinski definition) is 3. The van der Waals surface area contributed by atoms with Crippen LogP contribution in [-0.2, 0) is 0 Å². The molecule has 0 radical (unpaired) electrons. The van der Waals surface area contributed by atoms with Crippen LogP contribution >= 0.6 is 43.2 Å². The van der Waals surface area contributed by atoms with Gasteiger partial charge in [-0.25, -0.2) is 0 Å². The Morgan fingerprint density at radius 1 is 1.25 bits per heavy atom.